The second kappa shape index (κ2) is 4.44. The zero-order valence-electron chi connectivity index (χ0n) is 10.0. The topological polar surface area (TPSA) is 101 Å². The average molecular weight is 240 g/mol. The van der Waals surface area contributed by atoms with Gasteiger partial charge in [0.1, 0.15) is 0 Å². The normalized spacial score (nSPS) is 11.2. The number of carbonyl (C=O) groups is 2. The van der Waals surface area contributed by atoms with Crippen LogP contribution in [0.15, 0.2) is 12.3 Å². The van der Waals surface area contributed by atoms with Gasteiger partial charge in [-0.25, -0.2) is 4.79 Å². The van der Waals surface area contributed by atoms with Crippen molar-refractivity contribution in [1.29, 1.82) is 0 Å². The highest BCUT2D eigenvalue weighted by molar-refractivity contribution is 5.91. The van der Waals surface area contributed by atoms with Crippen molar-refractivity contribution in [2.75, 3.05) is 4.90 Å². The number of anilines is 1. The van der Waals surface area contributed by atoms with Crippen molar-refractivity contribution in [3.05, 3.63) is 12.3 Å². The molecule has 0 spiro atoms. The number of carboxylic acids is 1. The van der Waals surface area contributed by atoms with Gasteiger partial charge in [0.2, 0.25) is 0 Å². The molecule has 1 aromatic heterocycles. The van der Waals surface area contributed by atoms with Gasteiger partial charge in [-0.05, 0) is 13.8 Å². The van der Waals surface area contributed by atoms with Gasteiger partial charge >= 0.3 is 12.0 Å². The zero-order chi connectivity index (χ0) is 13.2. The molecular weight excluding hydrogens is 224 g/mol. The molecule has 7 nitrogen and oxygen atoms in total. The smallest absolute Gasteiger partial charge is 0.321 e. The Morgan fingerprint density at radius 2 is 2.18 bits per heavy atom. The van der Waals surface area contributed by atoms with E-state index in [9.17, 15) is 9.59 Å². The standard InChI is InChI=1S/C10H16N4O3/c1-10(2,6-8(15)16)14(9(11)17)7-4-5-13(3)12-7/h4-5H,6H2,1-3H3,(H2,11,17)(H,15,16). The molecule has 2 amide bonds. The van der Waals surface area contributed by atoms with Gasteiger partial charge in [-0.3, -0.25) is 14.4 Å². The maximum absolute atomic E-state index is 11.4. The first-order valence-electron chi connectivity index (χ1n) is 5.05. The number of aliphatic carboxylic acids is 1. The van der Waals surface area contributed by atoms with Crippen molar-refractivity contribution in [3.8, 4) is 0 Å². The number of urea groups is 1. The van der Waals surface area contributed by atoms with Crippen LogP contribution in [-0.4, -0.2) is 32.4 Å². The lowest BCUT2D eigenvalue weighted by Gasteiger charge is -2.34. The van der Waals surface area contributed by atoms with Gasteiger partial charge in [0.05, 0.1) is 12.0 Å². The highest BCUT2D eigenvalue weighted by atomic mass is 16.4. The van der Waals surface area contributed by atoms with Crippen LogP contribution in [-0.2, 0) is 11.8 Å². The Balaban J connectivity index is 3.09. The Kier molecular flexibility index (Phi) is 3.40. The Morgan fingerprint density at radius 3 is 2.53 bits per heavy atom. The van der Waals surface area contributed by atoms with Crippen molar-refractivity contribution in [2.45, 2.75) is 25.8 Å². The highest BCUT2D eigenvalue weighted by Gasteiger charge is 2.34. The van der Waals surface area contributed by atoms with Gasteiger partial charge in [-0.1, -0.05) is 0 Å². The van der Waals surface area contributed by atoms with Gasteiger partial charge in [0, 0.05) is 19.3 Å². The summed E-state index contributed by atoms with van der Waals surface area (Å²) in [6.45, 7) is 3.25. The first-order valence-corrected chi connectivity index (χ1v) is 5.05. The molecule has 0 radical (unpaired) electrons. The lowest BCUT2D eigenvalue weighted by molar-refractivity contribution is -0.138. The predicted octanol–water partition coefficient (Wildman–Crippen LogP) is 0.558. The van der Waals surface area contributed by atoms with E-state index in [1.165, 1.54) is 9.58 Å². The third-order valence-electron chi connectivity index (χ3n) is 2.34. The number of carboxylic acid groups (broad SMARTS) is 1. The number of carbonyl (C=O) groups excluding carboxylic acids is 1. The van der Waals surface area contributed by atoms with Crippen molar-refractivity contribution in [3.63, 3.8) is 0 Å². The van der Waals surface area contributed by atoms with Gasteiger partial charge in [-0.2, -0.15) is 5.10 Å². The van der Waals surface area contributed by atoms with Gasteiger partial charge in [0.25, 0.3) is 0 Å². The summed E-state index contributed by atoms with van der Waals surface area (Å²) >= 11 is 0. The second-order valence-electron chi connectivity index (χ2n) is 4.40. The molecule has 17 heavy (non-hydrogen) atoms. The minimum absolute atomic E-state index is 0.216. The van der Waals surface area contributed by atoms with Gasteiger partial charge in [0.15, 0.2) is 5.82 Å². The molecule has 1 rings (SSSR count). The number of rotatable bonds is 4. The summed E-state index contributed by atoms with van der Waals surface area (Å²) in [6, 6.07) is 0.879. The van der Waals surface area contributed by atoms with E-state index in [1.54, 1.807) is 33.2 Å². The third-order valence-corrected chi connectivity index (χ3v) is 2.34. The third kappa shape index (κ3) is 2.96. The maximum atomic E-state index is 11.4. The second-order valence-corrected chi connectivity index (χ2v) is 4.40. The minimum Gasteiger partial charge on any atom is -0.481 e. The van der Waals surface area contributed by atoms with Crippen LogP contribution in [0.3, 0.4) is 0 Å². The van der Waals surface area contributed by atoms with Crippen LogP contribution in [0.2, 0.25) is 0 Å². The van der Waals surface area contributed by atoms with Crippen LogP contribution in [0.4, 0.5) is 10.6 Å². The number of hydrogen-bond donors (Lipinski definition) is 2. The summed E-state index contributed by atoms with van der Waals surface area (Å²) in [6.07, 6.45) is 1.44. The molecule has 1 heterocycles. The largest absolute Gasteiger partial charge is 0.481 e. The molecule has 0 aliphatic carbocycles. The van der Waals surface area contributed by atoms with Crippen molar-refractivity contribution >= 4 is 17.8 Å². The fourth-order valence-electron chi connectivity index (χ4n) is 1.69. The number of aryl methyl sites for hydroxylation is 1. The van der Waals surface area contributed by atoms with Crippen LogP contribution in [0.1, 0.15) is 20.3 Å². The molecule has 0 aromatic carbocycles. The SMILES string of the molecule is Cn1ccc(N(C(N)=O)C(C)(C)CC(=O)O)n1. The number of hydrogen-bond acceptors (Lipinski definition) is 3. The minimum atomic E-state index is -1.00. The van der Waals surface area contributed by atoms with E-state index in [2.05, 4.69) is 5.10 Å². The summed E-state index contributed by atoms with van der Waals surface area (Å²) in [5.74, 6) is -0.663. The molecule has 7 heteroatoms. The Labute approximate surface area is 98.8 Å². The zero-order valence-corrected chi connectivity index (χ0v) is 10.0. The molecular formula is C10H16N4O3. The number of nitrogens with two attached hydrogens (primary N) is 1. The number of primary amides is 1. The summed E-state index contributed by atoms with van der Waals surface area (Å²) in [5, 5.41) is 12.9. The molecule has 94 valence electrons. The van der Waals surface area contributed by atoms with E-state index >= 15 is 0 Å². The molecule has 1 aromatic rings. The van der Waals surface area contributed by atoms with Crippen LogP contribution in [0.5, 0.6) is 0 Å². The van der Waals surface area contributed by atoms with Gasteiger partial charge in [-0.15, -0.1) is 0 Å². The van der Waals surface area contributed by atoms with Gasteiger partial charge < -0.3 is 10.8 Å². The molecule has 0 saturated heterocycles. The van der Waals surface area contributed by atoms with Crippen molar-refractivity contribution < 1.29 is 14.7 Å². The molecule has 0 bridgehead atoms. The van der Waals surface area contributed by atoms with Crippen LogP contribution in [0, 0.1) is 0 Å². The summed E-state index contributed by atoms with van der Waals surface area (Å²) in [4.78, 5) is 23.4. The average Bonchev–Trinajstić information content (AvgIpc) is 2.47. The fourth-order valence-corrected chi connectivity index (χ4v) is 1.69. The van der Waals surface area contributed by atoms with Crippen molar-refractivity contribution in [1.82, 2.24) is 9.78 Å². The molecule has 3 N–H and O–H groups in total. The fraction of sp³-hybridized carbons (Fsp3) is 0.500. The van der Waals surface area contributed by atoms with E-state index in [4.69, 9.17) is 10.8 Å². The first-order chi connectivity index (χ1) is 7.74. The highest BCUT2D eigenvalue weighted by Crippen LogP contribution is 2.24. The van der Waals surface area contributed by atoms with Crippen LogP contribution >= 0.6 is 0 Å². The Hall–Kier alpha value is -2.05. The lowest BCUT2D eigenvalue weighted by Crippen LogP contribution is -2.52. The number of amides is 2. The van der Waals surface area contributed by atoms with Crippen LogP contribution in [0.25, 0.3) is 0 Å². The molecule has 0 unspecified atom stereocenters. The maximum Gasteiger partial charge on any atom is 0.321 e. The van der Waals surface area contributed by atoms with E-state index in [-0.39, 0.29) is 6.42 Å². The Bertz CT molecular complexity index is 439. The lowest BCUT2D eigenvalue weighted by atomic mass is 9.98. The van der Waals surface area contributed by atoms with Crippen LogP contribution < -0.4 is 10.6 Å². The van der Waals surface area contributed by atoms with E-state index in [1.807, 2.05) is 0 Å². The quantitative estimate of drug-likeness (QED) is 0.802. The molecule has 0 saturated carbocycles. The molecule has 0 aliphatic rings. The molecule has 0 atom stereocenters. The first kappa shape index (κ1) is 13.0. The van der Waals surface area contributed by atoms with E-state index in [0.29, 0.717) is 5.82 Å². The number of nitrogens with zero attached hydrogens (tertiary/aromatic N) is 3. The summed E-state index contributed by atoms with van der Waals surface area (Å²) in [7, 11) is 1.70. The summed E-state index contributed by atoms with van der Waals surface area (Å²) in [5.41, 5.74) is 4.35. The molecule has 0 fully saturated rings. The van der Waals surface area contributed by atoms with Crippen molar-refractivity contribution in [2.24, 2.45) is 12.8 Å². The monoisotopic (exact) mass is 240 g/mol. The number of aromatic nitrogens is 2. The molecule has 0 aliphatic heterocycles. The van der Waals surface area contributed by atoms with E-state index < -0.39 is 17.5 Å². The summed E-state index contributed by atoms with van der Waals surface area (Å²) < 4.78 is 1.52. The predicted molar refractivity (Wildman–Crippen MR) is 61.6 cm³/mol. The van der Waals surface area contributed by atoms with E-state index in [0.717, 1.165) is 0 Å². The Morgan fingerprint density at radius 1 is 1.59 bits per heavy atom.